The zero-order chi connectivity index (χ0) is 15.6. The predicted molar refractivity (Wildman–Crippen MR) is 86.6 cm³/mol. The van der Waals surface area contributed by atoms with Gasteiger partial charge in [-0.15, -0.1) is 0 Å². The van der Waals surface area contributed by atoms with Crippen molar-refractivity contribution < 1.29 is 14.3 Å². The topological polar surface area (TPSA) is 38.8 Å². The van der Waals surface area contributed by atoms with E-state index in [1.807, 2.05) is 53.4 Å². The minimum Gasteiger partial charge on any atom is -0.487 e. The molecule has 0 saturated carbocycles. The molecule has 1 atom stereocenters. The van der Waals surface area contributed by atoms with Crippen LogP contribution in [-0.4, -0.2) is 36.1 Å². The van der Waals surface area contributed by atoms with Crippen molar-refractivity contribution in [3.63, 3.8) is 0 Å². The number of amides is 1. The van der Waals surface area contributed by atoms with Crippen LogP contribution in [0.4, 0.5) is 0 Å². The Morgan fingerprint density at radius 1 is 1.04 bits per heavy atom. The number of rotatable bonds is 3. The average Bonchev–Trinajstić information content (AvgIpc) is 2.57. The third kappa shape index (κ3) is 2.89. The second-order valence-electron chi connectivity index (χ2n) is 6.05. The van der Waals surface area contributed by atoms with Crippen LogP contribution >= 0.6 is 0 Å². The number of likely N-dealkylation sites (tertiary alicyclic amines) is 1. The Labute approximate surface area is 135 Å². The molecule has 0 aromatic heterocycles. The predicted octanol–water partition coefficient (Wildman–Crippen LogP) is 2.67. The number of hydrogen-bond acceptors (Lipinski definition) is 3. The smallest absolute Gasteiger partial charge is 0.263 e. The zero-order valence-electron chi connectivity index (χ0n) is 12.9. The van der Waals surface area contributed by atoms with Gasteiger partial charge in [-0.2, -0.15) is 0 Å². The van der Waals surface area contributed by atoms with E-state index in [0.717, 1.165) is 24.3 Å². The van der Waals surface area contributed by atoms with Crippen LogP contribution in [0.5, 0.6) is 11.5 Å². The highest BCUT2D eigenvalue weighted by molar-refractivity contribution is 5.82. The van der Waals surface area contributed by atoms with Crippen molar-refractivity contribution in [2.45, 2.75) is 25.0 Å². The van der Waals surface area contributed by atoms with Crippen molar-refractivity contribution in [1.29, 1.82) is 0 Å². The van der Waals surface area contributed by atoms with E-state index in [1.165, 1.54) is 5.56 Å². The van der Waals surface area contributed by atoms with E-state index in [4.69, 9.17) is 9.47 Å². The Morgan fingerprint density at radius 3 is 2.61 bits per heavy atom. The highest BCUT2D eigenvalue weighted by Gasteiger charge is 2.37. The van der Waals surface area contributed by atoms with E-state index in [2.05, 4.69) is 6.07 Å². The first-order chi connectivity index (χ1) is 11.3. The first-order valence-electron chi connectivity index (χ1n) is 8.04. The molecule has 0 aliphatic carbocycles. The summed E-state index contributed by atoms with van der Waals surface area (Å²) in [5, 5.41) is 0. The van der Waals surface area contributed by atoms with E-state index < -0.39 is 0 Å². The summed E-state index contributed by atoms with van der Waals surface area (Å²) < 4.78 is 11.7. The van der Waals surface area contributed by atoms with Crippen molar-refractivity contribution in [1.82, 2.24) is 4.90 Å². The Morgan fingerprint density at radius 2 is 1.78 bits per heavy atom. The minimum atomic E-state index is -0.359. The first kappa shape index (κ1) is 14.1. The minimum absolute atomic E-state index is 0.0763. The molecule has 1 amide bonds. The lowest BCUT2D eigenvalue weighted by molar-refractivity contribution is -0.148. The summed E-state index contributed by atoms with van der Waals surface area (Å²) in [7, 11) is 0. The number of para-hydroxylation sites is 2. The van der Waals surface area contributed by atoms with E-state index >= 15 is 0 Å². The Bertz CT molecular complexity index is 695. The highest BCUT2D eigenvalue weighted by atomic mass is 16.5. The van der Waals surface area contributed by atoms with Crippen molar-refractivity contribution in [2.24, 2.45) is 0 Å². The number of hydrogen-bond donors (Lipinski definition) is 0. The van der Waals surface area contributed by atoms with Crippen molar-refractivity contribution in [3.8, 4) is 11.5 Å². The number of benzene rings is 2. The van der Waals surface area contributed by atoms with E-state index in [1.54, 1.807) is 0 Å². The van der Waals surface area contributed by atoms with Gasteiger partial charge in [-0.05, 0) is 36.6 Å². The van der Waals surface area contributed by atoms with Crippen LogP contribution in [0.3, 0.4) is 0 Å². The largest absolute Gasteiger partial charge is 0.487 e. The van der Waals surface area contributed by atoms with Gasteiger partial charge in [-0.25, -0.2) is 0 Å². The molecule has 2 aliphatic heterocycles. The monoisotopic (exact) mass is 309 g/mol. The molecule has 1 fully saturated rings. The number of aryl methyl sites for hydroxylation is 1. The van der Waals surface area contributed by atoms with Gasteiger partial charge in [0, 0.05) is 0 Å². The molecule has 1 saturated heterocycles. The summed E-state index contributed by atoms with van der Waals surface area (Å²) in [6, 6.07) is 17.7. The van der Waals surface area contributed by atoms with Gasteiger partial charge in [0.1, 0.15) is 17.6 Å². The molecule has 2 aromatic rings. The SMILES string of the molecule is O=C([C@H]1CCc2ccccc2O1)N1CC(Oc2ccccc2)C1. The van der Waals surface area contributed by atoms with Gasteiger partial charge in [0.15, 0.2) is 6.10 Å². The summed E-state index contributed by atoms with van der Waals surface area (Å²) in [6.45, 7) is 1.27. The second-order valence-corrected chi connectivity index (χ2v) is 6.05. The van der Waals surface area contributed by atoms with Gasteiger partial charge in [0.2, 0.25) is 0 Å². The number of nitrogens with zero attached hydrogens (tertiary/aromatic N) is 1. The van der Waals surface area contributed by atoms with Crippen molar-refractivity contribution in [2.75, 3.05) is 13.1 Å². The van der Waals surface area contributed by atoms with Gasteiger partial charge < -0.3 is 14.4 Å². The highest BCUT2D eigenvalue weighted by Crippen LogP contribution is 2.29. The van der Waals surface area contributed by atoms with Gasteiger partial charge in [0.25, 0.3) is 5.91 Å². The third-order valence-electron chi connectivity index (χ3n) is 4.40. The maximum absolute atomic E-state index is 12.5. The summed E-state index contributed by atoms with van der Waals surface area (Å²) in [5.41, 5.74) is 1.19. The Hall–Kier alpha value is -2.49. The maximum Gasteiger partial charge on any atom is 0.263 e. The number of carbonyl (C=O) groups is 1. The number of carbonyl (C=O) groups excluding carboxylic acids is 1. The molecule has 2 aromatic carbocycles. The molecule has 118 valence electrons. The summed E-state index contributed by atoms with van der Waals surface area (Å²) in [6.07, 6.45) is 1.36. The van der Waals surface area contributed by atoms with Crippen LogP contribution in [0, 0.1) is 0 Å². The summed E-state index contributed by atoms with van der Waals surface area (Å²) in [4.78, 5) is 14.4. The lowest BCUT2D eigenvalue weighted by atomic mass is 10.0. The lowest BCUT2D eigenvalue weighted by Gasteiger charge is -2.41. The van der Waals surface area contributed by atoms with E-state index in [0.29, 0.717) is 13.1 Å². The van der Waals surface area contributed by atoms with Crippen LogP contribution in [0.25, 0.3) is 0 Å². The number of ether oxygens (including phenoxy) is 2. The van der Waals surface area contributed by atoms with Crippen LogP contribution in [0.15, 0.2) is 54.6 Å². The van der Waals surface area contributed by atoms with Gasteiger partial charge in [0.05, 0.1) is 13.1 Å². The molecule has 4 rings (SSSR count). The summed E-state index contributed by atoms with van der Waals surface area (Å²) in [5.74, 6) is 1.77. The molecule has 23 heavy (non-hydrogen) atoms. The van der Waals surface area contributed by atoms with Crippen LogP contribution < -0.4 is 9.47 Å². The molecule has 2 aliphatic rings. The molecule has 0 N–H and O–H groups in total. The van der Waals surface area contributed by atoms with Gasteiger partial charge in [-0.1, -0.05) is 36.4 Å². The first-order valence-corrected chi connectivity index (χ1v) is 8.04. The molecule has 4 heteroatoms. The lowest BCUT2D eigenvalue weighted by Crippen LogP contribution is -2.59. The quantitative estimate of drug-likeness (QED) is 0.875. The fourth-order valence-electron chi connectivity index (χ4n) is 3.09. The van der Waals surface area contributed by atoms with E-state index in [-0.39, 0.29) is 18.1 Å². The summed E-state index contributed by atoms with van der Waals surface area (Å²) >= 11 is 0. The molecule has 0 unspecified atom stereocenters. The second kappa shape index (κ2) is 5.95. The third-order valence-corrected chi connectivity index (χ3v) is 4.40. The van der Waals surface area contributed by atoms with E-state index in [9.17, 15) is 4.79 Å². The van der Waals surface area contributed by atoms with Gasteiger partial charge in [-0.3, -0.25) is 4.79 Å². The number of fused-ring (bicyclic) bond motifs is 1. The standard InChI is InChI=1S/C19H19NO3/c21-19(18-11-10-14-6-4-5-9-17(14)23-18)20-12-16(13-20)22-15-7-2-1-3-8-15/h1-9,16,18H,10-13H2/t18-/m1/s1. The Balaban J connectivity index is 1.32. The fourth-order valence-corrected chi connectivity index (χ4v) is 3.09. The molecular formula is C19H19NO3. The molecule has 2 heterocycles. The van der Waals surface area contributed by atoms with Crippen molar-refractivity contribution in [3.05, 3.63) is 60.2 Å². The molecule has 0 radical (unpaired) electrons. The Kier molecular flexibility index (Phi) is 3.66. The normalized spacial score (nSPS) is 20.2. The van der Waals surface area contributed by atoms with Crippen molar-refractivity contribution >= 4 is 5.91 Å². The maximum atomic E-state index is 12.5. The zero-order valence-corrected chi connectivity index (χ0v) is 12.9. The molecular weight excluding hydrogens is 290 g/mol. The van der Waals surface area contributed by atoms with Crippen LogP contribution in [-0.2, 0) is 11.2 Å². The molecule has 4 nitrogen and oxygen atoms in total. The van der Waals surface area contributed by atoms with Gasteiger partial charge >= 0.3 is 0 Å². The van der Waals surface area contributed by atoms with Crippen LogP contribution in [0.2, 0.25) is 0 Å². The van der Waals surface area contributed by atoms with Crippen LogP contribution in [0.1, 0.15) is 12.0 Å². The molecule has 0 spiro atoms. The molecule has 0 bridgehead atoms. The average molecular weight is 309 g/mol. The fraction of sp³-hybridized carbons (Fsp3) is 0.316.